The highest BCUT2D eigenvalue weighted by atomic mass is 19.1. The maximum atomic E-state index is 13.4. The molecule has 1 saturated carbocycles. The summed E-state index contributed by atoms with van der Waals surface area (Å²) in [6.07, 6.45) is 5.08. The lowest BCUT2D eigenvalue weighted by Gasteiger charge is -2.26. The van der Waals surface area contributed by atoms with Crippen LogP contribution in [0.15, 0.2) is 18.2 Å². The molecule has 112 valence electrons. The van der Waals surface area contributed by atoms with Gasteiger partial charge < -0.3 is 10.6 Å². The molecule has 0 saturated heterocycles. The molecule has 6 heteroatoms. The third kappa shape index (κ3) is 4.15. The topological polar surface area (TPSA) is 64.9 Å². The summed E-state index contributed by atoms with van der Waals surface area (Å²) in [6.45, 7) is 0. The van der Waals surface area contributed by atoms with Crippen LogP contribution in [0, 0.1) is 28.9 Å². The average Bonchev–Trinajstić information content (AvgIpc) is 2.48. The van der Waals surface area contributed by atoms with Gasteiger partial charge in [0.2, 0.25) is 0 Å². The molecule has 0 aromatic heterocycles. The van der Waals surface area contributed by atoms with Crippen molar-refractivity contribution in [2.75, 3.05) is 5.32 Å². The van der Waals surface area contributed by atoms with Crippen molar-refractivity contribution < 1.29 is 13.6 Å². The largest absolute Gasteiger partial charge is 0.322 e. The molecule has 1 aromatic carbocycles. The van der Waals surface area contributed by atoms with Gasteiger partial charge in [-0.15, -0.1) is 0 Å². The molecule has 2 rings (SSSR count). The van der Waals surface area contributed by atoms with Gasteiger partial charge in [0, 0.05) is 6.07 Å². The van der Waals surface area contributed by atoms with Crippen LogP contribution < -0.4 is 10.6 Å². The highest BCUT2D eigenvalue weighted by Gasteiger charge is 2.25. The Bertz CT molecular complexity index is 550. The monoisotopic (exact) mass is 293 g/mol. The van der Waals surface area contributed by atoms with Crippen molar-refractivity contribution in [3.8, 4) is 6.07 Å². The van der Waals surface area contributed by atoms with Crippen molar-refractivity contribution in [3.63, 3.8) is 0 Å². The fraction of sp³-hybridized carbons (Fsp3) is 0.467. The van der Waals surface area contributed by atoms with Crippen LogP contribution in [0.1, 0.15) is 32.1 Å². The number of nitriles is 1. The molecule has 1 aliphatic carbocycles. The fourth-order valence-electron chi connectivity index (χ4n) is 2.61. The Labute approximate surface area is 122 Å². The predicted molar refractivity (Wildman–Crippen MR) is 74.5 cm³/mol. The summed E-state index contributed by atoms with van der Waals surface area (Å²) >= 11 is 0. The minimum Gasteiger partial charge on any atom is -0.322 e. The van der Waals surface area contributed by atoms with Crippen molar-refractivity contribution in [2.45, 2.75) is 38.1 Å². The maximum Gasteiger partial charge on any atom is 0.320 e. The van der Waals surface area contributed by atoms with E-state index in [4.69, 9.17) is 5.26 Å². The molecule has 1 fully saturated rings. The van der Waals surface area contributed by atoms with E-state index in [1.165, 1.54) is 0 Å². The fourth-order valence-corrected chi connectivity index (χ4v) is 2.61. The van der Waals surface area contributed by atoms with Gasteiger partial charge in [-0.05, 0) is 30.9 Å². The minimum atomic E-state index is -0.851. The van der Waals surface area contributed by atoms with Crippen LogP contribution >= 0.6 is 0 Å². The summed E-state index contributed by atoms with van der Waals surface area (Å²) in [7, 11) is 0. The molecule has 1 aliphatic rings. The zero-order chi connectivity index (χ0) is 15.2. The third-order valence-electron chi connectivity index (χ3n) is 3.73. The van der Waals surface area contributed by atoms with E-state index >= 15 is 0 Å². The van der Waals surface area contributed by atoms with Gasteiger partial charge in [-0.1, -0.05) is 19.3 Å². The van der Waals surface area contributed by atoms with Crippen molar-refractivity contribution in [3.05, 3.63) is 29.8 Å². The number of amides is 2. The highest BCUT2D eigenvalue weighted by molar-refractivity contribution is 5.89. The van der Waals surface area contributed by atoms with Gasteiger partial charge in [0.25, 0.3) is 0 Å². The smallest absolute Gasteiger partial charge is 0.320 e. The van der Waals surface area contributed by atoms with E-state index in [-0.39, 0.29) is 11.6 Å². The summed E-state index contributed by atoms with van der Waals surface area (Å²) in [5.41, 5.74) is -0.116. The second kappa shape index (κ2) is 7.02. The second-order valence-corrected chi connectivity index (χ2v) is 5.23. The summed E-state index contributed by atoms with van der Waals surface area (Å²) in [6, 6.07) is 3.74. The lowest BCUT2D eigenvalue weighted by atomic mass is 9.84. The summed E-state index contributed by atoms with van der Waals surface area (Å²) in [5, 5.41) is 14.0. The molecule has 4 nitrogen and oxygen atoms in total. The molecule has 2 N–H and O–H groups in total. The Kier molecular flexibility index (Phi) is 5.09. The molecule has 1 atom stereocenters. The Morgan fingerprint density at radius 1 is 1.29 bits per heavy atom. The van der Waals surface area contributed by atoms with Crippen molar-refractivity contribution >= 4 is 11.7 Å². The minimum absolute atomic E-state index is 0.116. The lowest BCUT2D eigenvalue weighted by Crippen LogP contribution is -2.42. The first-order valence-corrected chi connectivity index (χ1v) is 7.02. The van der Waals surface area contributed by atoms with Gasteiger partial charge in [-0.2, -0.15) is 5.26 Å². The molecule has 0 heterocycles. The van der Waals surface area contributed by atoms with Crippen LogP contribution in [0.3, 0.4) is 0 Å². The van der Waals surface area contributed by atoms with Crippen molar-refractivity contribution in [1.82, 2.24) is 5.32 Å². The standard InChI is InChI=1S/C15H17F2N3O/c16-11-6-7-13(12(17)8-11)19-15(21)20-14(9-18)10-4-2-1-3-5-10/h6-8,10,14H,1-5H2,(H2,19,20,21). The number of carbonyl (C=O) groups excluding carboxylic acids is 1. The normalized spacial score (nSPS) is 16.8. The second-order valence-electron chi connectivity index (χ2n) is 5.23. The van der Waals surface area contributed by atoms with Crippen LogP contribution in [-0.4, -0.2) is 12.1 Å². The van der Waals surface area contributed by atoms with Crippen LogP contribution in [0.5, 0.6) is 0 Å². The molecule has 0 bridgehead atoms. The molecule has 0 spiro atoms. The molecular weight excluding hydrogens is 276 g/mol. The first-order chi connectivity index (χ1) is 10.1. The first-order valence-electron chi connectivity index (χ1n) is 7.02. The number of hydrogen-bond donors (Lipinski definition) is 2. The first kappa shape index (κ1) is 15.2. The number of halogens is 2. The highest BCUT2D eigenvalue weighted by Crippen LogP contribution is 2.26. The van der Waals surface area contributed by atoms with Gasteiger partial charge in [0.05, 0.1) is 11.8 Å². The molecule has 0 aliphatic heterocycles. The molecule has 0 radical (unpaired) electrons. The molecule has 1 unspecified atom stereocenters. The van der Waals surface area contributed by atoms with Gasteiger partial charge in [-0.3, -0.25) is 0 Å². The van der Waals surface area contributed by atoms with Crippen LogP contribution in [0.4, 0.5) is 19.3 Å². The Morgan fingerprint density at radius 2 is 2.00 bits per heavy atom. The Morgan fingerprint density at radius 3 is 2.62 bits per heavy atom. The quantitative estimate of drug-likeness (QED) is 0.895. The van der Waals surface area contributed by atoms with E-state index in [1.807, 2.05) is 0 Å². The number of rotatable bonds is 3. The summed E-state index contributed by atoms with van der Waals surface area (Å²) in [5.74, 6) is -1.43. The number of anilines is 1. The summed E-state index contributed by atoms with van der Waals surface area (Å²) < 4.78 is 26.2. The SMILES string of the molecule is N#CC(NC(=O)Nc1ccc(F)cc1F)C1CCCCC1. The zero-order valence-corrected chi connectivity index (χ0v) is 11.5. The number of hydrogen-bond acceptors (Lipinski definition) is 2. The Balaban J connectivity index is 1.95. The van der Waals surface area contributed by atoms with E-state index in [2.05, 4.69) is 16.7 Å². The molecule has 2 amide bonds. The lowest BCUT2D eigenvalue weighted by molar-refractivity contribution is 0.241. The molecule has 21 heavy (non-hydrogen) atoms. The van der Waals surface area contributed by atoms with Crippen molar-refractivity contribution in [1.29, 1.82) is 5.26 Å². The third-order valence-corrected chi connectivity index (χ3v) is 3.73. The van der Waals surface area contributed by atoms with E-state index in [0.717, 1.165) is 44.2 Å². The predicted octanol–water partition coefficient (Wildman–Crippen LogP) is 3.56. The Hall–Kier alpha value is -2.16. The molecule has 1 aromatic rings. The molecular formula is C15H17F2N3O. The summed E-state index contributed by atoms with van der Waals surface area (Å²) in [4.78, 5) is 11.8. The van der Waals surface area contributed by atoms with Crippen LogP contribution in [0.2, 0.25) is 0 Å². The van der Waals surface area contributed by atoms with E-state index in [1.54, 1.807) is 0 Å². The number of benzene rings is 1. The van der Waals surface area contributed by atoms with Gasteiger partial charge >= 0.3 is 6.03 Å². The maximum absolute atomic E-state index is 13.4. The van der Waals surface area contributed by atoms with E-state index < -0.39 is 23.7 Å². The van der Waals surface area contributed by atoms with Crippen LogP contribution in [0.25, 0.3) is 0 Å². The van der Waals surface area contributed by atoms with Gasteiger partial charge in [0.15, 0.2) is 0 Å². The van der Waals surface area contributed by atoms with Crippen LogP contribution in [-0.2, 0) is 0 Å². The number of nitrogens with zero attached hydrogens (tertiary/aromatic N) is 1. The van der Waals surface area contributed by atoms with E-state index in [0.29, 0.717) is 6.07 Å². The van der Waals surface area contributed by atoms with Gasteiger partial charge in [0.1, 0.15) is 17.7 Å². The van der Waals surface area contributed by atoms with Gasteiger partial charge in [-0.25, -0.2) is 13.6 Å². The zero-order valence-electron chi connectivity index (χ0n) is 11.5. The number of carbonyl (C=O) groups is 1. The average molecular weight is 293 g/mol. The van der Waals surface area contributed by atoms with E-state index in [9.17, 15) is 13.6 Å². The number of nitrogens with one attached hydrogen (secondary N) is 2. The van der Waals surface area contributed by atoms with Crippen molar-refractivity contribution in [2.24, 2.45) is 5.92 Å². The number of urea groups is 1.